The van der Waals surface area contributed by atoms with E-state index in [4.69, 9.17) is 4.74 Å². The summed E-state index contributed by atoms with van der Waals surface area (Å²) >= 11 is 0. The van der Waals surface area contributed by atoms with Crippen LogP contribution in [0.25, 0.3) is 0 Å². The molecule has 6 nitrogen and oxygen atoms in total. The number of nitrogens with zero attached hydrogens (tertiary/aromatic N) is 1. The lowest BCUT2D eigenvalue weighted by Crippen LogP contribution is -2.16. The summed E-state index contributed by atoms with van der Waals surface area (Å²) in [5.41, 5.74) is 1.47. The molecule has 1 aromatic heterocycles. The fraction of sp³-hybridized carbons (Fsp3) is 0.421. The van der Waals surface area contributed by atoms with E-state index in [1.807, 2.05) is 25.3 Å². The first kappa shape index (κ1) is 20.0. The monoisotopic (exact) mass is 378 g/mol. The molecule has 7 heteroatoms. The molecule has 2 aromatic rings. The van der Waals surface area contributed by atoms with Gasteiger partial charge in [-0.1, -0.05) is 13.8 Å². The smallest absolute Gasteiger partial charge is 0.222 e. The number of anilines is 1. The average Bonchev–Trinajstić information content (AvgIpc) is 2.79. The van der Waals surface area contributed by atoms with Gasteiger partial charge in [-0.3, -0.25) is 4.79 Å². The molecule has 0 aliphatic rings. The van der Waals surface area contributed by atoms with Crippen molar-refractivity contribution < 1.29 is 17.9 Å². The van der Waals surface area contributed by atoms with Crippen molar-refractivity contribution in [3.8, 4) is 5.75 Å². The van der Waals surface area contributed by atoms with Crippen molar-refractivity contribution in [1.29, 1.82) is 0 Å². The minimum atomic E-state index is -3.80. The Morgan fingerprint density at radius 3 is 2.23 bits per heavy atom. The zero-order valence-corrected chi connectivity index (χ0v) is 16.9. The van der Waals surface area contributed by atoms with Crippen molar-refractivity contribution in [2.45, 2.75) is 51.0 Å². The maximum absolute atomic E-state index is 13.3. The minimum absolute atomic E-state index is 0.149. The topological polar surface area (TPSA) is 77.4 Å². The lowest BCUT2D eigenvalue weighted by Gasteiger charge is -2.15. The lowest BCUT2D eigenvalue weighted by molar-refractivity contribution is -0.114. The zero-order valence-electron chi connectivity index (χ0n) is 16.1. The van der Waals surface area contributed by atoms with E-state index in [1.54, 1.807) is 19.1 Å². The highest BCUT2D eigenvalue weighted by molar-refractivity contribution is 7.91. The molecule has 142 valence electrons. The number of rotatable bonds is 6. The number of benzene rings is 1. The van der Waals surface area contributed by atoms with Gasteiger partial charge in [-0.25, -0.2) is 8.42 Å². The number of hydrogen-bond acceptors (Lipinski definition) is 4. The molecule has 1 amide bonds. The molecule has 0 saturated heterocycles. The fourth-order valence-electron chi connectivity index (χ4n) is 2.92. The summed E-state index contributed by atoms with van der Waals surface area (Å²) in [6.07, 6.45) is 0. The van der Waals surface area contributed by atoms with Crippen molar-refractivity contribution in [3.05, 3.63) is 35.5 Å². The number of carbonyl (C=O) groups excluding carboxylic acids is 1. The summed E-state index contributed by atoms with van der Waals surface area (Å²) in [6, 6.07) is 6.25. The molecule has 2 rings (SSSR count). The van der Waals surface area contributed by atoms with Crippen molar-refractivity contribution >= 4 is 21.6 Å². The summed E-state index contributed by atoms with van der Waals surface area (Å²) in [5.74, 6) is 0.900. The predicted octanol–water partition coefficient (Wildman–Crippen LogP) is 3.56. The second-order valence-electron chi connectivity index (χ2n) is 6.75. The van der Waals surface area contributed by atoms with Crippen LogP contribution in [0.5, 0.6) is 5.75 Å². The van der Waals surface area contributed by atoms with E-state index < -0.39 is 9.84 Å². The molecule has 0 saturated carbocycles. The molecule has 0 atom stereocenters. The Balaban J connectivity index is 2.71. The molecule has 1 N–H and O–H groups in total. The number of amides is 1. The van der Waals surface area contributed by atoms with Gasteiger partial charge in [-0.15, -0.1) is 0 Å². The largest absolute Gasteiger partial charge is 0.497 e. The molecule has 0 unspecified atom stereocenters. The second kappa shape index (κ2) is 7.53. The number of aromatic nitrogens is 1. The summed E-state index contributed by atoms with van der Waals surface area (Å²) in [6.45, 7) is 9.72. The third-order valence-corrected chi connectivity index (χ3v) is 6.18. The van der Waals surface area contributed by atoms with E-state index in [1.165, 1.54) is 26.2 Å². The highest BCUT2D eigenvalue weighted by Gasteiger charge is 2.30. The molecule has 0 spiro atoms. The van der Waals surface area contributed by atoms with E-state index in [0.717, 1.165) is 5.69 Å². The van der Waals surface area contributed by atoms with Gasteiger partial charge in [0.1, 0.15) is 16.5 Å². The molecule has 26 heavy (non-hydrogen) atoms. The van der Waals surface area contributed by atoms with E-state index in [0.29, 0.717) is 29.6 Å². The van der Waals surface area contributed by atoms with Crippen LogP contribution < -0.4 is 10.1 Å². The molecule has 1 heterocycles. The van der Waals surface area contributed by atoms with Gasteiger partial charge < -0.3 is 14.6 Å². The minimum Gasteiger partial charge on any atom is -0.497 e. The van der Waals surface area contributed by atoms with Crippen LogP contribution in [0.1, 0.15) is 32.0 Å². The molecule has 0 bridgehead atoms. The number of carbonyl (C=O) groups is 1. The molecular weight excluding hydrogens is 352 g/mol. The maximum Gasteiger partial charge on any atom is 0.222 e. The van der Waals surface area contributed by atoms with E-state index >= 15 is 0 Å². The molecule has 0 aliphatic heterocycles. The van der Waals surface area contributed by atoms with E-state index in [2.05, 4.69) is 5.32 Å². The van der Waals surface area contributed by atoms with Gasteiger partial charge in [0.15, 0.2) is 0 Å². The summed E-state index contributed by atoms with van der Waals surface area (Å²) < 4.78 is 33.6. The average molecular weight is 378 g/mol. The predicted molar refractivity (Wildman–Crippen MR) is 101 cm³/mol. The van der Waals surface area contributed by atoms with Gasteiger partial charge in [-0.2, -0.15) is 0 Å². The van der Waals surface area contributed by atoms with Crippen molar-refractivity contribution in [2.24, 2.45) is 5.92 Å². The first-order valence-corrected chi connectivity index (χ1v) is 9.94. The Morgan fingerprint density at radius 2 is 1.77 bits per heavy atom. The van der Waals surface area contributed by atoms with Crippen LogP contribution in [0.4, 0.5) is 5.82 Å². The Kier molecular flexibility index (Phi) is 5.81. The van der Waals surface area contributed by atoms with Gasteiger partial charge in [0.25, 0.3) is 0 Å². The summed E-state index contributed by atoms with van der Waals surface area (Å²) in [5, 5.41) is 2.73. The van der Waals surface area contributed by atoms with Gasteiger partial charge in [0, 0.05) is 19.2 Å². The second-order valence-corrected chi connectivity index (χ2v) is 8.64. The highest BCUT2D eigenvalue weighted by atomic mass is 32.2. The van der Waals surface area contributed by atoms with Crippen LogP contribution in [0, 0.1) is 19.8 Å². The quantitative estimate of drug-likeness (QED) is 0.834. The number of nitrogens with one attached hydrogen (secondary N) is 1. The molecule has 1 aromatic carbocycles. The number of ether oxygens (including phenoxy) is 1. The van der Waals surface area contributed by atoms with E-state index in [-0.39, 0.29) is 15.7 Å². The maximum atomic E-state index is 13.3. The SMILES string of the molecule is COc1ccc(S(=O)(=O)c2c(C)c(C)n(CC(C)C)c2NC(C)=O)cc1. The van der Waals surface area contributed by atoms with Gasteiger partial charge in [-0.05, 0) is 49.6 Å². The first-order chi connectivity index (χ1) is 12.1. The highest BCUT2D eigenvalue weighted by Crippen LogP contribution is 2.36. The zero-order chi connectivity index (χ0) is 19.6. The standard InChI is InChI=1S/C19H26N2O4S/c1-12(2)11-21-14(4)13(3)18(19(21)20-15(5)22)26(23,24)17-9-7-16(25-6)8-10-17/h7-10,12H,11H2,1-6H3,(H,20,22). The first-order valence-electron chi connectivity index (χ1n) is 8.46. The molecular formula is C19H26N2O4S. The van der Waals surface area contributed by atoms with E-state index in [9.17, 15) is 13.2 Å². The number of sulfone groups is 1. The molecule has 0 fully saturated rings. The third-order valence-electron chi connectivity index (χ3n) is 4.25. The molecule has 0 aliphatic carbocycles. The normalized spacial score (nSPS) is 11.7. The molecule has 0 radical (unpaired) electrons. The van der Waals surface area contributed by atoms with Crippen LogP contribution in [-0.4, -0.2) is 26.0 Å². The Hall–Kier alpha value is -2.28. The van der Waals surface area contributed by atoms with Crippen molar-refractivity contribution in [3.63, 3.8) is 0 Å². The van der Waals surface area contributed by atoms with Crippen molar-refractivity contribution in [2.75, 3.05) is 12.4 Å². The van der Waals surface area contributed by atoms with Gasteiger partial charge in [0.05, 0.1) is 12.0 Å². The van der Waals surface area contributed by atoms with Crippen LogP contribution in [-0.2, 0) is 21.2 Å². The fourth-order valence-corrected chi connectivity index (χ4v) is 4.62. The van der Waals surface area contributed by atoms with Gasteiger partial charge in [0.2, 0.25) is 15.7 Å². The Morgan fingerprint density at radius 1 is 1.19 bits per heavy atom. The van der Waals surface area contributed by atoms with Crippen LogP contribution in [0.15, 0.2) is 34.1 Å². The van der Waals surface area contributed by atoms with Crippen LogP contribution in [0.3, 0.4) is 0 Å². The number of hydrogen-bond donors (Lipinski definition) is 1. The summed E-state index contributed by atoms with van der Waals surface area (Å²) in [7, 11) is -2.27. The van der Waals surface area contributed by atoms with Crippen LogP contribution in [0.2, 0.25) is 0 Å². The van der Waals surface area contributed by atoms with Crippen molar-refractivity contribution in [1.82, 2.24) is 4.57 Å². The number of methoxy groups -OCH3 is 1. The summed E-state index contributed by atoms with van der Waals surface area (Å²) in [4.78, 5) is 12.0. The van der Waals surface area contributed by atoms with Gasteiger partial charge >= 0.3 is 0 Å². The van der Waals surface area contributed by atoms with Crippen LogP contribution >= 0.6 is 0 Å². The Bertz CT molecular complexity index is 910. The lowest BCUT2D eigenvalue weighted by atomic mass is 10.2. The Labute approximate surface area is 155 Å². The third kappa shape index (κ3) is 3.77.